The lowest BCUT2D eigenvalue weighted by Crippen LogP contribution is -2.28. The van der Waals surface area contributed by atoms with Crippen molar-refractivity contribution in [1.82, 2.24) is 0 Å². The molecule has 298 valence electrons. The third-order valence-corrected chi connectivity index (χ3v) is 15.8. The van der Waals surface area contributed by atoms with Crippen molar-refractivity contribution < 1.29 is 0 Å². The van der Waals surface area contributed by atoms with E-state index < -0.39 is 10.8 Å². The standard InChI is InChI=1S/C62H39NS/c1-3-19-40(20-4-1)61(41-21-5-2-6-22-41)50-29-12-9-25-45(50)49-39-42(37-38-54(49)61)63(57-35-17-28-47-46-26-11-16-36-58(46)64-60(47)57)56-34-18-33-55-59(56)48-27-10-15-32-53(48)62(55)51-30-13-7-23-43(51)44-24-8-14-31-52(44)62/h1-39H. The molecule has 0 fully saturated rings. The zero-order valence-corrected chi connectivity index (χ0v) is 35.7. The second kappa shape index (κ2) is 13.4. The molecular weight excluding hydrogens is 791 g/mol. The molecular formula is C62H39NS. The minimum absolute atomic E-state index is 0.452. The summed E-state index contributed by atoms with van der Waals surface area (Å²) < 4.78 is 2.58. The molecule has 14 rings (SSSR count). The Balaban J connectivity index is 1.09. The van der Waals surface area contributed by atoms with Crippen molar-refractivity contribution in [2.24, 2.45) is 0 Å². The summed E-state index contributed by atoms with van der Waals surface area (Å²) in [6, 6.07) is 88.9. The molecule has 0 saturated carbocycles. The minimum atomic E-state index is -0.480. The molecule has 10 aromatic carbocycles. The highest BCUT2D eigenvalue weighted by molar-refractivity contribution is 7.26. The van der Waals surface area contributed by atoms with E-state index in [1.165, 1.54) is 109 Å². The largest absolute Gasteiger partial charge is 0.308 e. The van der Waals surface area contributed by atoms with Crippen LogP contribution < -0.4 is 4.90 Å². The van der Waals surface area contributed by atoms with Crippen LogP contribution >= 0.6 is 11.3 Å². The van der Waals surface area contributed by atoms with Gasteiger partial charge in [-0.05, 0) is 103 Å². The second-order valence-corrected chi connectivity index (χ2v) is 18.5. The fraction of sp³-hybridized carbons (Fsp3) is 0.0323. The average molecular weight is 830 g/mol. The molecule has 0 N–H and O–H groups in total. The van der Waals surface area contributed by atoms with Crippen molar-refractivity contribution in [3.8, 4) is 33.4 Å². The zero-order valence-electron chi connectivity index (χ0n) is 34.9. The molecule has 1 heterocycles. The second-order valence-electron chi connectivity index (χ2n) is 17.4. The van der Waals surface area contributed by atoms with Gasteiger partial charge in [0.25, 0.3) is 0 Å². The lowest BCUT2D eigenvalue weighted by molar-refractivity contribution is 0.768. The highest BCUT2D eigenvalue weighted by atomic mass is 32.1. The van der Waals surface area contributed by atoms with Gasteiger partial charge in [0.05, 0.1) is 26.9 Å². The first-order chi connectivity index (χ1) is 31.8. The SMILES string of the molecule is c1ccc(C2(c3ccccc3)c3ccccc3-c3cc(N(c4cccc5c4-c4ccccc4C54c5ccccc5-c5ccccc54)c4cccc5c4sc4ccccc45)ccc32)cc1. The van der Waals surface area contributed by atoms with E-state index in [1.807, 2.05) is 11.3 Å². The average Bonchev–Trinajstić information content (AvgIpc) is 4.08. The van der Waals surface area contributed by atoms with Crippen LogP contribution in [0.2, 0.25) is 0 Å². The Hall–Kier alpha value is -7.78. The van der Waals surface area contributed by atoms with Gasteiger partial charge in [0.2, 0.25) is 0 Å². The fourth-order valence-electron chi connectivity index (χ4n) is 12.2. The Morgan fingerprint density at radius 1 is 0.312 bits per heavy atom. The number of benzene rings is 10. The zero-order chi connectivity index (χ0) is 42.0. The van der Waals surface area contributed by atoms with Crippen molar-refractivity contribution in [2.75, 3.05) is 4.90 Å². The maximum absolute atomic E-state index is 2.59. The molecule has 0 radical (unpaired) electrons. The quantitative estimate of drug-likeness (QED) is 0.167. The lowest BCUT2D eigenvalue weighted by Gasteiger charge is -2.34. The molecule has 0 unspecified atom stereocenters. The van der Waals surface area contributed by atoms with Crippen molar-refractivity contribution in [3.63, 3.8) is 0 Å². The number of nitrogens with zero attached hydrogens (tertiary/aromatic N) is 1. The fourth-order valence-corrected chi connectivity index (χ4v) is 13.4. The molecule has 0 saturated heterocycles. The summed E-state index contributed by atoms with van der Waals surface area (Å²) in [5, 5.41) is 2.58. The van der Waals surface area contributed by atoms with Crippen molar-refractivity contribution in [2.45, 2.75) is 10.8 Å². The first-order valence-corrected chi connectivity index (χ1v) is 23.1. The number of rotatable bonds is 5. The topological polar surface area (TPSA) is 3.24 Å². The number of anilines is 3. The third kappa shape index (κ3) is 4.53. The maximum Gasteiger partial charge on any atom is 0.0726 e. The summed E-state index contributed by atoms with van der Waals surface area (Å²) in [6.07, 6.45) is 0. The Kier molecular flexibility index (Phi) is 7.47. The number of hydrogen-bond donors (Lipinski definition) is 0. The minimum Gasteiger partial charge on any atom is -0.308 e. The lowest BCUT2D eigenvalue weighted by atomic mass is 9.68. The van der Waals surface area contributed by atoms with Crippen LogP contribution in [-0.2, 0) is 10.8 Å². The predicted octanol–water partition coefficient (Wildman–Crippen LogP) is 16.2. The highest BCUT2D eigenvalue weighted by Crippen LogP contribution is 2.65. The Bertz CT molecular complexity index is 3610. The molecule has 64 heavy (non-hydrogen) atoms. The number of fused-ring (bicyclic) bond motifs is 16. The maximum atomic E-state index is 2.59. The van der Waals surface area contributed by atoms with Crippen LogP contribution in [-0.4, -0.2) is 0 Å². The van der Waals surface area contributed by atoms with Crippen molar-refractivity contribution in [1.29, 1.82) is 0 Å². The van der Waals surface area contributed by atoms with E-state index in [9.17, 15) is 0 Å². The summed E-state index contributed by atoms with van der Waals surface area (Å²) in [4.78, 5) is 2.59. The molecule has 11 aromatic rings. The highest BCUT2D eigenvalue weighted by Gasteiger charge is 2.52. The van der Waals surface area contributed by atoms with Crippen LogP contribution in [0.5, 0.6) is 0 Å². The van der Waals surface area contributed by atoms with Crippen molar-refractivity contribution in [3.05, 3.63) is 281 Å². The van der Waals surface area contributed by atoms with Crippen LogP contribution in [0.3, 0.4) is 0 Å². The molecule has 1 aromatic heterocycles. The van der Waals surface area contributed by atoms with Gasteiger partial charge in [0.1, 0.15) is 0 Å². The van der Waals surface area contributed by atoms with Crippen LogP contribution in [0, 0.1) is 0 Å². The monoisotopic (exact) mass is 829 g/mol. The Labute approximate surface area is 376 Å². The van der Waals surface area contributed by atoms with Crippen LogP contribution in [0.1, 0.15) is 44.5 Å². The summed E-state index contributed by atoms with van der Waals surface area (Å²) in [7, 11) is 0. The third-order valence-electron chi connectivity index (χ3n) is 14.6. The molecule has 3 aliphatic rings. The molecule has 2 heteroatoms. The molecule has 1 spiro atoms. The molecule has 1 nitrogen and oxygen atoms in total. The molecule has 0 atom stereocenters. The molecule has 3 aliphatic carbocycles. The van der Waals surface area contributed by atoms with Gasteiger partial charge < -0.3 is 4.90 Å². The summed E-state index contributed by atoms with van der Waals surface area (Å²) >= 11 is 1.89. The van der Waals surface area contributed by atoms with Crippen LogP contribution in [0.25, 0.3) is 53.6 Å². The molecule has 0 amide bonds. The van der Waals surface area contributed by atoms with Gasteiger partial charge in [-0.2, -0.15) is 0 Å². The Morgan fingerprint density at radius 3 is 1.45 bits per heavy atom. The van der Waals surface area contributed by atoms with E-state index in [4.69, 9.17) is 0 Å². The molecule has 0 aliphatic heterocycles. The number of hydrogen-bond acceptors (Lipinski definition) is 2. The smallest absolute Gasteiger partial charge is 0.0726 e. The van der Waals surface area contributed by atoms with E-state index >= 15 is 0 Å². The van der Waals surface area contributed by atoms with E-state index in [2.05, 4.69) is 241 Å². The number of thiophene rings is 1. The van der Waals surface area contributed by atoms with Crippen LogP contribution in [0.4, 0.5) is 17.1 Å². The first kappa shape index (κ1) is 35.8. The van der Waals surface area contributed by atoms with Crippen molar-refractivity contribution >= 4 is 48.6 Å². The van der Waals surface area contributed by atoms with E-state index in [1.54, 1.807) is 0 Å². The van der Waals surface area contributed by atoms with E-state index in [0.29, 0.717) is 0 Å². The van der Waals surface area contributed by atoms with E-state index in [0.717, 1.165) is 5.69 Å². The van der Waals surface area contributed by atoms with Gasteiger partial charge in [-0.1, -0.05) is 206 Å². The van der Waals surface area contributed by atoms with Gasteiger partial charge in [0.15, 0.2) is 0 Å². The molecule has 0 bridgehead atoms. The van der Waals surface area contributed by atoms with Gasteiger partial charge in [-0.3, -0.25) is 0 Å². The van der Waals surface area contributed by atoms with Gasteiger partial charge in [0, 0.05) is 26.7 Å². The van der Waals surface area contributed by atoms with Gasteiger partial charge in [-0.25, -0.2) is 0 Å². The Morgan fingerprint density at radius 2 is 0.781 bits per heavy atom. The summed E-state index contributed by atoms with van der Waals surface area (Å²) in [5.41, 5.74) is 20.8. The van der Waals surface area contributed by atoms with Gasteiger partial charge in [-0.15, -0.1) is 11.3 Å². The first-order valence-electron chi connectivity index (χ1n) is 22.3. The predicted molar refractivity (Wildman–Crippen MR) is 268 cm³/mol. The normalized spacial score (nSPS) is 14.2. The summed E-state index contributed by atoms with van der Waals surface area (Å²) in [6.45, 7) is 0. The van der Waals surface area contributed by atoms with E-state index in [-0.39, 0.29) is 0 Å². The summed E-state index contributed by atoms with van der Waals surface area (Å²) in [5.74, 6) is 0. The van der Waals surface area contributed by atoms with Crippen LogP contribution in [0.15, 0.2) is 237 Å². The van der Waals surface area contributed by atoms with Gasteiger partial charge >= 0.3 is 0 Å².